The SMILES string of the molecule is O.O=C(O)c1ccc(C(=O)O)cc1.O=C(O)c1ccc(C(=O)O)cc1.O=C(O)c1ccc(C(=O)O)cc1.[Zn].[Zn].[Zn].[Zn]. The number of carboxylic acid groups (broad SMARTS) is 6. The second-order valence-electron chi connectivity index (χ2n) is 6.56. The molecule has 0 aliphatic heterocycles. The Balaban J connectivity index is -0.000000149. The Morgan fingerprint density at radius 2 is 0.366 bits per heavy atom. The van der Waals surface area contributed by atoms with Crippen LogP contribution in [-0.2, 0) is 77.9 Å². The fourth-order valence-electron chi connectivity index (χ4n) is 2.27. The van der Waals surface area contributed by atoms with E-state index in [0.717, 1.165) is 0 Å². The summed E-state index contributed by atoms with van der Waals surface area (Å²) in [5, 5.41) is 50.8. The van der Waals surface area contributed by atoms with Crippen LogP contribution in [0.15, 0.2) is 72.8 Å². The van der Waals surface area contributed by atoms with Crippen molar-refractivity contribution in [1.29, 1.82) is 0 Å². The number of carbonyl (C=O) groups is 6. The first-order valence-corrected chi connectivity index (χ1v) is 9.53. The molecule has 41 heavy (non-hydrogen) atoms. The third-order valence-corrected chi connectivity index (χ3v) is 4.14. The molecule has 13 nitrogen and oxygen atoms in total. The Morgan fingerprint density at radius 3 is 0.415 bits per heavy atom. The molecule has 202 valence electrons. The predicted molar refractivity (Wildman–Crippen MR) is 125 cm³/mol. The van der Waals surface area contributed by atoms with Crippen LogP contribution < -0.4 is 0 Å². The van der Waals surface area contributed by atoms with Crippen LogP contribution in [0.4, 0.5) is 0 Å². The molecule has 0 aliphatic rings. The topological polar surface area (TPSA) is 255 Å². The molecule has 0 saturated heterocycles. The monoisotopic (exact) mass is 772 g/mol. The van der Waals surface area contributed by atoms with Crippen molar-refractivity contribution < 1.29 is 143 Å². The fourth-order valence-corrected chi connectivity index (χ4v) is 2.27. The van der Waals surface area contributed by atoms with Crippen molar-refractivity contribution in [2.45, 2.75) is 0 Å². The van der Waals surface area contributed by atoms with E-state index in [-0.39, 0.29) is 117 Å². The second-order valence-corrected chi connectivity index (χ2v) is 6.56. The predicted octanol–water partition coefficient (Wildman–Crippen LogP) is 2.41. The number of hydrogen-bond donors (Lipinski definition) is 6. The van der Waals surface area contributed by atoms with E-state index < -0.39 is 35.8 Å². The zero-order chi connectivity index (χ0) is 27.4. The van der Waals surface area contributed by atoms with Crippen LogP contribution >= 0.6 is 0 Å². The maximum Gasteiger partial charge on any atom is 0.335 e. The Hall–Kier alpha value is -3.07. The van der Waals surface area contributed by atoms with Gasteiger partial charge in [-0.15, -0.1) is 0 Å². The Morgan fingerprint density at radius 1 is 0.293 bits per heavy atom. The van der Waals surface area contributed by atoms with Crippen molar-refractivity contribution in [1.82, 2.24) is 0 Å². The van der Waals surface area contributed by atoms with Gasteiger partial charge in [-0.3, -0.25) is 0 Å². The van der Waals surface area contributed by atoms with Gasteiger partial charge in [0.15, 0.2) is 0 Å². The van der Waals surface area contributed by atoms with E-state index in [4.69, 9.17) is 30.6 Å². The van der Waals surface area contributed by atoms with E-state index in [0.29, 0.717) is 0 Å². The first-order chi connectivity index (χ1) is 16.8. The summed E-state index contributed by atoms with van der Waals surface area (Å²) in [4.78, 5) is 62.0. The Bertz CT molecular complexity index is 1020. The molecule has 0 bridgehead atoms. The van der Waals surface area contributed by atoms with Crippen molar-refractivity contribution in [3.05, 3.63) is 106 Å². The van der Waals surface area contributed by atoms with E-state index in [1.807, 2.05) is 0 Å². The molecule has 0 atom stereocenters. The molecule has 17 heteroatoms. The maximum atomic E-state index is 10.3. The molecular formula is C24H20O13Zn4. The van der Waals surface area contributed by atoms with Crippen molar-refractivity contribution in [3.63, 3.8) is 0 Å². The van der Waals surface area contributed by atoms with Crippen LogP contribution in [0.5, 0.6) is 0 Å². The van der Waals surface area contributed by atoms with E-state index >= 15 is 0 Å². The van der Waals surface area contributed by atoms with Gasteiger partial charge in [0.05, 0.1) is 33.4 Å². The molecule has 0 aliphatic carbocycles. The molecule has 3 aromatic rings. The van der Waals surface area contributed by atoms with Crippen LogP contribution in [0.3, 0.4) is 0 Å². The Kier molecular flexibility index (Phi) is 27.5. The average molecular weight is 778 g/mol. The molecule has 0 spiro atoms. The van der Waals surface area contributed by atoms with Crippen molar-refractivity contribution >= 4 is 35.8 Å². The van der Waals surface area contributed by atoms with Crippen LogP contribution in [-0.4, -0.2) is 71.9 Å². The van der Waals surface area contributed by atoms with E-state index in [1.165, 1.54) is 72.8 Å². The summed E-state index contributed by atoms with van der Waals surface area (Å²) >= 11 is 0. The molecule has 0 heterocycles. The van der Waals surface area contributed by atoms with Crippen LogP contribution in [0.25, 0.3) is 0 Å². The fraction of sp³-hybridized carbons (Fsp3) is 0. The number of rotatable bonds is 6. The molecule has 3 rings (SSSR count). The molecule has 8 N–H and O–H groups in total. The van der Waals surface area contributed by atoms with Gasteiger partial charge in [0.25, 0.3) is 0 Å². The molecule has 0 aromatic heterocycles. The average Bonchev–Trinajstić information content (AvgIpc) is 2.84. The third-order valence-electron chi connectivity index (χ3n) is 4.14. The van der Waals surface area contributed by atoms with Gasteiger partial charge in [0.2, 0.25) is 0 Å². The van der Waals surface area contributed by atoms with Gasteiger partial charge in [0.1, 0.15) is 0 Å². The first-order valence-electron chi connectivity index (χ1n) is 9.53. The first kappa shape index (κ1) is 47.7. The van der Waals surface area contributed by atoms with Crippen molar-refractivity contribution in [2.75, 3.05) is 0 Å². The minimum atomic E-state index is -1.06. The molecule has 0 radical (unpaired) electrons. The standard InChI is InChI=1S/3C8H6O4.H2O.4Zn/c3*9-7(10)5-1-2-6(4-3-5)8(11)12;;;;;/h3*1-4H,(H,9,10)(H,11,12);1H2;;;;. The van der Waals surface area contributed by atoms with Gasteiger partial charge in [-0.2, -0.15) is 0 Å². The van der Waals surface area contributed by atoms with Gasteiger partial charge in [-0.25, -0.2) is 28.8 Å². The summed E-state index contributed by atoms with van der Waals surface area (Å²) in [5.74, 6) is -6.38. The molecule has 3 aromatic carbocycles. The molecule has 0 unspecified atom stereocenters. The number of carboxylic acids is 6. The zero-order valence-electron chi connectivity index (χ0n) is 21.4. The van der Waals surface area contributed by atoms with Crippen molar-refractivity contribution in [2.24, 2.45) is 0 Å². The molecule has 0 amide bonds. The third kappa shape index (κ3) is 17.4. The van der Waals surface area contributed by atoms with E-state index in [9.17, 15) is 28.8 Å². The van der Waals surface area contributed by atoms with Crippen molar-refractivity contribution in [3.8, 4) is 0 Å². The summed E-state index contributed by atoms with van der Waals surface area (Å²) in [6, 6.07) is 15.1. The van der Waals surface area contributed by atoms with Gasteiger partial charge < -0.3 is 36.1 Å². The summed E-state index contributed by atoms with van der Waals surface area (Å²) in [6.07, 6.45) is 0. The minimum absolute atomic E-state index is 0. The van der Waals surface area contributed by atoms with Crippen LogP contribution in [0.2, 0.25) is 0 Å². The molecule has 0 fully saturated rings. The van der Waals surface area contributed by atoms with Gasteiger partial charge in [0, 0.05) is 77.9 Å². The van der Waals surface area contributed by atoms with Crippen LogP contribution in [0.1, 0.15) is 62.1 Å². The summed E-state index contributed by atoms with van der Waals surface area (Å²) in [6.45, 7) is 0. The smallest absolute Gasteiger partial charge is 0.335 e. The maximum absolute atomic E-state index is 10.3. The van der Waals surface area contributed by atoms with Crippen LogP contribution in [0, 0.1) is 0 Å². The quantitative estimate of drug-likeness (QED) is 0.197. The minimum Gasteiger partial charge on any atom is -0.478 e. The second kappa shape index (κ2) is 23.6. The van der Waals surface area contributed by atoms with Gasteiger partial charge in [-0.1, -0.05) is 0 Å². The van der Waals surface area contributed by atoms with Gasteiger partial charge >= 0.3 is 35.8 Å². The summed E-state index contributed by atoms with van der Waals surface area (Å²) < 4.78 is 0. The van der Waals surface area contributed by atoms with Gasteiger partial charge in [-0.05, 0) is 72.8 Å². The number of aromatic carboxylic acids is 6. The summed E-state index contributed by atoms with van der Waals surface area (Å²) in [7, 11) is 0. The van der Waals surface area contributed by atoms with E-state index in [1.54, 1.807) is 0 Å². The largest absolute Gasteiger partial charge is 0.478 e. The number of benzene rings is 3. The zero-order valence-corrected chi connectivity index (χ0v) is 33.3. The number of hydrogen-bond acceptors (Lipinski definition) is 6. The normalized spacial score (nSPS) is 8.20. The molecular weight excluding hydrogens is 758 g/mol. The van der Waals surface area contributed by atoms with E-state index in [2.05, 4.69) is 0 Å². The molecule has 0 saturated carbocycles. The Labute approximate surface area is 282 Å². The summed E-state index contributed by atoms with van der Waals surface area (Å²) in [5.41, 5.74) is 0.500.